The topological polar surface area (TPSA) is 52.6 Å². The number of hydrogen-bond donors (Lipinski definition) is 0. The summed E-state index contributed by atoms with van der Waals surface area (Å²) < 4.78 is 10.0. The maximum atomic E-state index is 11.3. The lowest BCUT2D eigenvalue weighted by atomic mass is 10.1. The highest BCUT2D eigenvalue weighted by molar-refractivity contribution is 5.72. The Balaban J connectivity index is 2.40. The van der Waals surface area contributed by atoms with Crippen molar-refractivity contribution in [3.8, 4) is 5.75 Å². The van der Waals surface area contributed by atoms with Gasteiger partial charge in [-0.2, -0.15) is 0 Å². The molecule has 0 saturated heterocycles. The number of aryl methyl sites for hydroxylation is 1. The van der Waals surface area contributed by atoms with Crippen LogP contribution in [0.2, 0.25) is 0 Å². The normalized spacial score (nSPS) is 9.85. The Morgan fingerprint density at radius 2 is 1.85 bits per heavy atom. The zero-order valence-corrected chi connectivity index (χ0v) is 11.8. The van der Waals surface area contributed by atoms with Gasteiger partial charge in [0.1, 0.15) is 12.4 Å². The summed E-state index contributed by atoms with van der Waals surface area (Å²) in [5.74, 6) is 0.0537. The van der Waals surface area contributed by atoms with Crippen LogP contribution in [0.5, 0.6) is 5.75 Å². The molecule has 108 valence electrons. The molecule has 0 spiro atoms. The van der Waals surface area contributed by atoms with Crippen LogP contribution in [0.4, 0.5) is 0 Å². The monoisotopic (exact) mass is 276 g/mol. The Bertz CT molecular complexity index is 448. The molecule has 0 heterocycles. The summed E-state index contributed by atoms with van der Waals surface area (Å²) in [4.78, 5) is 22.6. The summed E-state index contributed by atoms with van der Waals surface area (Å²) in [5.41, 5.74) is 0.996. The van der Waals surface area contributed by atoms with E-state index in [0.29, 0.717) is 25.0 Å². The minimum atomic E-state index is -0.247. The van der Waals surface area contributed by atoms with Crippen molar-refractivity contribution in [1.82, 2.24) is 0 Å². The third-order valence-corrected chi connectivity index (χ3v) is 2.59. The Hall–Kier alpha value is -2.10. The molecule has 1 aromatic rings. The van der Waals surface area contributed by atoms with Crippen LogP contribution < -0.4 is 4.74 Å². The van der Waals surface area contributed by atoms with Crippen LogP contribution in [0.25, 0.3) is 0 Å². The maximum absolute atomic E-state index is 11.3. The Labute approximate surface area is 119 Å². The summed E-state index contributed by atoms with van der Waals surface area (Å²) in [5, 5.41) is 0. The molecule has 0 aliphatic heterocycles. The first-order valence-corrected chi connectivity index (χ1v) is 6.71. The van der Waals surface area contributed by atoms with Crippen molar-refractivity contribution in [2.75, 3.05) is 6.61 Å². The van der Waals surface area contributed by atoms with Crippen molar-refractivity contribution < 1.29 is 19.1 Å². The largest absolute Gasteiger partial charge is 0.461 e. The van der Waals surface area contributed by atoms with E-state index >= 15 is 0 Å². The van der Waals surface area contributed by atoms with Gasteiger partial charge in [0.2, 0.25) is 0 Å². The van der Waals surface area contributed by atoms with E-state index in [1.807, 2.05) is 19.1 Å². The molecular weight excluding hydrogens is 256 g/mol. The second-order valence-corrected chi connectivity index (χ2v) is 4.34. The first-order chi connectivity index (χ1) is 9.65. The van der Waals surface area contributed by atoms with Gasteiger partial charge in [0, 0.05) is 12.8 Å². The lowest BCUT2D eigenvalue weighted by molar-refractivity contribution is -0.142. The van der Waals surface area contributed by atoms with Gasteiger partial charge in [-0.1, -0.05) is 31.7 Å². The van der Waals surface area contributed by atoms with Gasteiger partial charge in [-0.05, 0) is 30.5 Å². The first kappa shape index (κ1) is 16.0. The molecule has 0 fully saturated rings. The number of carbonyl (C=O) groups excluding carboxylic acids is 2. The Morgan fingerprint density at radius 3 is 2.45 bits per heavy atom. The molecule has 0 aromatic heterocycles. The van der Waals surface area contributed by atoms with Crippen LogP contribution in [0.15, 0.2) is 36.9 Å². The van der Waals surface area contributed by atoms with Gasteiger partial charge in [0.05, 0.1) is 0 Å². The second-order valence-electron chi connectivity index (χ2n) is 4.34. The summed E-state index contributed by atoms with van der Waals surface area (Å²) in [6.45, 7) is 5.65. The van der Waals surface area contributed by atoms with Crippen LogP contribution in [0.1, 0.15) is 31.7 Å². The molecule has 0 aliphatic rings. The number of esters is 2. The lowest BCUT2D eigenvalue weighted by Gasteiger charge is -2.05. The third-order valence-electron chi connectivity index (χ3n) is 2.59. The quantitative estimate of drug-likeness (QED) is 0.416. The van der Waals surface area contributed by atoms with Gasteiger partial charge in [-0.25, -0.2) is 0 Å². The first-order valence-electron chi connectivity index (χ1n) is 6.71. The standard InChI is InChI=1S/C16H20O4/c1-3-5-16(18)20-14-9-6-13(7-10-14)8-11-15(17)19-12-4-2/h4,6-7,9-10H,2-3,5,8,11-12H2,1H3. The predicted molar refractivity (Wildman–Crippen MR) is 76.5 cm³/mol. The third kappa shape index (κ3) is 6.18. The molecule has 1 aromatic carbocycles. The van der Waals surface area contributed by atoms with E-state index in [1.165, 1.54) is 6.08 Å². The van der Waals surface area contributed by atoms with Crippen molar-refractivity contribution in [3.05, 3.63) is 42.5 Å². The molecule has 0 amide bonds. The van der Waals surface area contributed by atoms with E-state index in [-0.39, 0.29) is 18.5 Å². The lowest BCUT2D eigenvalue weighted by Crippen LogP contribution is -2.07. The smallest absolute Gasteiger partial charge is 0.311 e. The van der Waals surface area contributed by atoms with Crippen LogP contribution >= 0.6 is 0 Å². The Kier molecular flexibility index (Phi) is 7.11. The molecule has 4 nitrogen and oxygen atoms in total. The molecule has 0 bridgehead atoms. The zero-order valence-electron chi connectivity index (χ0n) is 11.8. The van der Waals surface area contributed by atoms with Crippen LogP contribution in [-0.4, -0.2) is 18.5 Å². The SMILES string of the molecule is C=CCOC(=O)CCc1ccc(OC(=O)CCC)cc1. The number of hydrogen-bond acceptors (Lipinski definition) is 4. The highest BCUT2D eigenvalue weighted by Crippen LogP contribution is 2.14. The number of ether oxygens (including phenoxy) is 2. The minimum Gasteiger partial charge on any atom is -0.461 e. The number of benzene rings is 1. The summed E-state index contributed by atoms with van der Waals surface area (Å²) >= 11 is 0. The number of rotatable bonds is 8. The fourth-order valence-electron chi connectivity index (χ4n) is 1.58. The van der Waals surface area contributed by atoms with Crippen LogP contribution in [-0.2, 0) is 20.7 Å². The van der Waals surface area contributed by atoms with Gasteiger partial charge >= 0.3 is 11.9 Å². The molecule has 20 heavy (non-hydrogen) atoms. The van der Waals surface area contributed by atoms with E-state index in [2.05, 4.69) is 6.58 Å². The fourth-order valence-corrected chi connectivity index (χ4v) is 1.58. The van der Waals surface area contributed by atoms with E-state index in [0.717, 1.165) is 12.0 Å². The minimum absolute atomic E-state index is 0.228. The van der Waals surface area contributed by atoms with Gasteiger partial charge in [-0.15, -0.1) is 0 Å². The molecular formula is C16H20O4. The van der Waals surface area contributed by atoms with Crippen molar-refractivity contribution in [2.24, 2.45) is 0 Å². The molecule has 0 unspecified atom stereocenters. The van der Waals surface area contributed by atoms with Gasteiger partial charge < -0.3 is 9.47 Å². The summed E-state index contributed by atoms with van der Waals surface area (Å²) in [6.07, 6.45) is 3.64. The highest BCUT2D eigenvalue weighted by Gasteiger charge is 2.05. The van der Waals surface area contributed by atoms with Crippen LogP contribution in [0.3, 0.4) is 0 Å². The summed E-state index contributed by atoms with van der Waals surface area (Å²) in [6, 6.07) is 7.15. The van der Waals surface area contributed by atoms with E-state index in [4.69, 9.17) is 9.47 Å². The van der Waals surface area contributed by atoms with E-state index < -0.39 is 0 Å². The summed E-state index contributed by atoms with van der Waals surface area (Å²) in [7, 11) is 0. The van der Waals surface area contributed by atoms with Crippen molar-refractivity contribution >= 4 is 11.9 Å². The molecule has 0 radical (unpaired) electrons. The average Bonchev–Trinajstić information content (AvgIpc) is 2.44. The average molecular weight is 276 g/mol. The second kappa shape index (κ2) is 8.91. The van der Waals surface area contributed by atoms with Gasteiger partial charge in [-0.3, -0.25) is 9.59 Å². The van der Waals surface area contributed by atoms with Crippen LogP contribution in [0, 0.1) is 0 Å². The fraction of sp³-hybridized carbons (Fsp3) is 0.375. The van der Waals surface area contributed by atoms with E-state index in [1.54, 1.807) is 12.1 Å². The molecule has 0 atom stereocenters. The zero-order chi connectivity index (χ0) is 14.8. The molecule has 0 aliphatic carbocycles. The molecule has 0 saturated carbocycles. The van der Waals surface area contributed by atoms with Gasteiger partial charge in [0.25, 0.3) is 0 Å². The van der Waals surface area contributed by atoms with Crippen molar-refractivity contribution in [1.29, 1.82) is 0 Å². The highest BCUT2D eigenvalue weighted by atomic mass is 16.5. The van der Waals surface area contributed by atoms with E-state index in [9.17, 15) is 9.59 Å². The molecule has 1 rings (SSSR count). The van der Waals surface area contributed by atoms with Gasteiger partial charge in [0.15, 0.2) is 0 Å². The number of carbonyl (C=O) groups is 2. The van der Waals surface area contributed by atoms with Crippen molar-refractivity contribution in [3.63, 3.8) is 0 Å². The molecule has 4 heteroatoms. The predicted octanol–water partition coefficient (Wildman–Crippen LogP) is 3.05. The van der Waals surface area contributed by atoms with Crippen molar-refractivity contribution in [2.45, 2.75) is 32.6 Å². The molecule has 0 N–H and O–H groups in total. The maximum Gasteiger partial charge on any atom is 0.311 e. The Morgan fingerprint density at radius 1 is 1.15 bits per heavy atom.